The largest absolute Gasteiger partial charge is 0.469 e. The predicted octanol–water partition coefficient (Wildman–Crippen LogP) is 3.38. The highest BCUT2D eigenvalue weighted by molar-refractivity contribution is 5.69. The Kier molecular flexibility index (Phi) is 5.07. The third-order valence-electron chi connectivity index (χ3n) is 5.41. The lowest BCUT2D eigenvalue weighted by atomic mass is 9.57. The summed E-state index contributed by atoms with van der Waals surface area (Å²) in [7, 11) is 1.44. The molecule has 3 rings (SSSR count). The maximum absolute atomic E-state index is 12.2. The van der Waals surface area contributed by atoms with E-state index < -0.39 is 0 Å². The number of ether oxygens (including phenoxy) is 2. The number of nitrogens with zero attached hydrogens (tertiary/aromatic N) is 1. The molecule has 1 aromatic carbocycles. The molecule has 0 bridgehead atoms. The SMILES string of the molecule is COC(=O)CC1CC2(CCN(C(=O)OCc3ccccc3)CC2)C1. The van der Waals surface area contributed by atoms with Crippen LogP contribution >= 0.6 is 0 Å². The van der Waals surface area contributed by atoms with Gasteiger partial charge >= 0.3 is 12.1 Å². The van der Waals surface area contributed by atoms with E-state index in [1.165, 1.54) is 7.11 Å². The van der Waals surface area contributed by atoms with Crippen molar-refractivity contribution in [2.24, 2.45) is 11.3 Å². The van der Waals surface area contributed by atoms with E-state index in [1.54, 1.807) is 0 Å². The summed E-state index contributed by atoms with van der Waals surface area (Å²) < 4.78 is 10.1. The summed E-state index contributed by atoms with van der Waals surface area (Å²) in [4.78, 5) is 25.3. The molecule has 1 saturated carbocycles. The number of carbonyl (C=O) groups excluding carboxylic acids is 2. The average Bonchev–Trinajstić information content (AvgIpc) is 2.59. The van der Waals surface area contributed by atoms with E-state index in [0.29, 0.717) is 24.4 Å². The first-order chi connectivity index (χ1) is 11.6. The van der Waals surface area contributed by atoms with Crippen LogP contribution < -0.4 is 0 Å². The van der Waals surface area contributed by atoms with E-state index in [2.05, 4.69) is 0 Å². The summed E-state index contributed by atoms with van der Waals surface area (Å²) >= 11 is 0. The van der Waals surface area contributed by atoms with Crippen molar-refractivity contribution in [3.05, 3.63) is 35.9 Å². The Morgan fingerprint density at radius 3 is 2.46 bits per heavy atom. The molecule has 0 atom stereocenters. The van der Waals surface area contributed by atoms with Crippen molar-refractivity contribution in [2.75, 3.05) is 20.2 Å². The lowest BCUT2D eigenvalue weighted by Gasteiger charge is -2.51. The van der Waals surface area contributed by atoms with Crippen molar-refractivity contribution in [1.29, 1.82) is 0 Å². The van der Waals surface area contributed by atoms with Gasteiger partial charge < -0.3 is 14.4 Å². The lowest BCUT2D eigenvalue weighted by Crippen LogP contribution is -2.49. The van der Waals surface area contributed by atoms with Crippen LogP contribution in [-0.4, -0.2) is 37.2 Å². The van der Waals surface area contributed by atoms with Gasteiger partial charge in [-0.3, -0.25) is 4.79 Å². The van der Waals surface area contributed by atoms with Crippen LogP contribution in [-0.2, 0) is 20.9 Å². The van der Waals surface area contributed by atoms with Crippen LogP contribution in [0.3, 0.4) is 0 Å². The van der Waals surface area contributed by atoms with Gasteiger partial charge in [-0.15, -0.1) is 0 Å². The fourth-order valence-electron chi connectivity index (χ4n) is 4.01. The lowest BCUT2D eigenvalue weighted by molar-refractivity contribution is -0.144. The molecule has 5 nitrogen and oxygen atoms in total. The standard InChI is InChI=1S/C19H25NO4/c1-23-17(21)11-16-12-19(13-16)7-9-20(10-8-19)18(22)24-14-15-5-3-2-4-6-15/h2-6,16H,7-14H2,1H3. The third-order valence-corrected chi connectivity index (χ3v) is 5.41. The number of benzene rings is 1. The van der Waals surface area contributed by atoms with Crippen LogP contribution in [0.4, 0.5) is 4.79 Å². The first-order valence-electron chi connectivity index (χ1n) is 8.63. The highest BCUT2D eigenvalue weighted by Crippen LogP contribution is 2.53. The zero-order valence-corrected chi connectivity index (χ0v) is 14.2. The molecule has 1 saturated heterocycles. The molecular formula is C19H25NO4. The van der Waals surface area contributed by atoms with Crippen LogP contribution in [0.15, 0.2) is 30.3 Å². The molecule has 0 aromatic heterocycles. The summed E-state index contributed by atoms with van der Waals surface area (Å²) in [5, 5.41) is 0. The highest BCUT2D eigenvalue weighted by atomic mass is 16.6. The van der Waals surface area contributed by atoms with E-state index >= 15 is 0 Å². The fraction of sp³-hybridized carbons (Fsp3) is 0.579. The summed E-state index contributed by atoms with van der Waals surface area (Å²) in [5.74, 6) is 0.339. The topological polar surface area (TPSA) is 55.8 Å². The van der Waals surface area contributed by atoms with Gasteiger partial charge in [0, 0.05) is 19.5 Å². The molecule has 0 N–H and O–H groups in total. The molecule has 1 aliphatic carbocycles. The molecule has 24 heavy (non-hydrogen) atoms. The first-order valence-corrected chi connectivity index (χ1v) is 8.63. The van der Waals surface area contributed by atoms with E-state index in [-0.39, 0.29) is 12.1 Å². The van der Waals surface area contributed by atoms with E-state index in [9.17, 15) is 9.59 Å². The number of carbonyl (C=O) groups is 2. The predicted molar refractivity (Wildman–Crippen MR) is 89.2 cm³/mol. The Morgan fingerprint density at radius 1 is 1.17 bits per heavy atom. The number of amides is 1. The van der Waals surface area contributed by atoms with Crippen molar-refractivity contribution in [3.63, 3.8) is 0 Å². The maximum Gasteiger partial charge on any atom is 0.410 e. The quantitative estimate of drug-likeness (QED) is 0.794. The number of methoxy groups -OCH3 is 1. The van der Waals surface area contributed by atoms with Crippen LogP contribution in [0.2, 0.25) is 0 Å². The minimum absolute atomic E-state index is 0.114. The zero-order chi connectivity index (χ0) is 17.0. The van der Waals surface area contributed by atoms with Gasteiger partial charge in [-0.2, -0.15) is 0 Å². The second-order valence-corrected chi connectivity index (χ2v) is 7.08. The second-order valence-electron chi connectivity index (χ2n) is 7.08. The molecule has 1 amide bonds. The smallest absolute Gasteiger partial charge is 0.410 e. The van der Waals surface area contributed by atoms with Gasteiger partial charge in [-0.05, 0) is 42.6 Å². The fourth-order valence-corrected chi connectivity index (χ4v) is 4.01. The normalized spacial score (nSPS) is 19.6. The van der Waals surface area contributed by atoms with Crippen LogP contribution in [0, 0.1) is 11.3 Å². The van der Waals surface area contributed by atoms with Crippen molar-refractivity contribution in [2.45, 2.75) is 38.7 Å². The Labute approximate surface area is 142 Å². The molecule has 1 aromatic rings. The van der Waals surface area contributed by atoms with Gasteiger partial charge in [-0.25, -0.2) is 4.79 Å². The zero-order valence-electron chi connectivity index (χ0n) is 14.2. The van der Waals surface area contributed by atoms with E-state index in [1.807, 2.05) is 35.2 Å². The van der Waals surface area contributed by atoms with Crippen LogP contribution in [0.1, 0.15) is 37.7 Å². The van der Waals surface area contributed by atoms with Gasteiger partial charge in [-0.1, -0.05) is 30.3 Å². The Hall–Kier alpha value is -2.04. The molecule has 1 aliphatic heterocycles. The Balaban J connectivity index is 1.39. The van der Waals surface area contributed by atoms with Crippen molar-refractivity contribution in [1.82, 2.24) is 4.90 Å². The molecule has 1 spiro atoms. The van der Waals surface area contributed by atoms with Gasteiger partial charge in [0.2, 0.25) is 0 Å². The van der Waals surface area contributed by atoms with Gasteiger partial charge in [0.1, 0.15) is 6.61 Å². The molecule has 1 heterocycles. The first kappa shape index (κ1) is 16.8. The van der Waals surface area contributed by atoms with Crippen LogP contribution in [0.5, 0.6) is 0 Å². The van der Waals surface area contributed by atoms with Crippen LogP contribution in [0.25, 0.3) is 0 Å². The van der Waals surface area contributed by atoms with Gasteiger partial charge in [0.05, 0.1) is 7.11 Å². The van der Waals surface area contributed by atoms with Gasteiger partial charge in [0.25, 0.3) is 0 Å². The molecule has 2 aliphatic rings. The summed E-state index contributed by atoms with van der Waals surface area (Å²) in [6.07, 6.45) is 4.47. The van der Waals surface area contributed by atoms with Gasteiger partial charge in [0.15, 0.2) is 0 Å². The molecule has 0 radical (unpaired) electrons. The molecule has 130 valence electrons. The highest BCUT2D eigenvalue weighted by Gasteiger charge is 2.46. The van der Waals surface area contributed by atoms with Crippen molar-refractivity contribution < 1.29 is 19.1 Å². The number of esters is 1. The number of likely N-dealkylation sites (tertiary alicyclic amines) is 1. The number of hydrogen-bond acceptors (Lipinski definition) is 4. The average molecular weight is 331 g/mol. The molecular weight excluding hydrogens is 306 g/mol. The molecule has 2 fully saturated rings. The maximum atomic E-state index is 12.2. The minimum atomic E-state index is -0.223. The summed E-state index contributed by atoms with van der Waals surface area (Å²) in [6, 6.07) is 9.73. The van der Waals surface area contributed by atoms with E-state index in [4.69, 9.17) is 9.47 Å². The minimum Gasteiger partial charge on any atom is -0.469 e. The number of hydrogen-bond donors (Lipinski definition) is 0. The summed E-state index contributed by atoms with van der Waals surface area (Å²) in [5.41, 5.74) is 1.33. The number of piperidine rings is 1. The summed E-state index contributed by atoms with van der Waals surface area (Å²) in [6.45, 7) is 1.82. The van der Waals surface area contributed by atoms with Crippen molar-refractivity contribution in [3.8, 4) is 0 Å². The van der Waals surface area contributed by atoms with E-state index in [0.717, 1.165) is 44.3 Å². The molecule has 0 unspecified atom stereocenters. The Bertz CT molecular complexity index is 570. The number of rotatable bonds is 4. The second kappa shape index (κ2) is 7.24. The Morgan fingerprint density at radius 2 is 1.83 bits per heavy atom. The van der Waals surface area contributed by atoms with Crippen molar-refractivity contribution >= 4 is 12.1 Å². The third kappa shape index (κ3) is 3.89. The molecule has 5 heteroatoms. The monoisotopic (exact) mass is 331 g/mol.